The molecule has 1 aromatic carbocycles. The van der Waals surface area contributed by atoms with Crippen LogP contribution in [0.1, 0.15) is 15.9 Å². The lowest BCUT2D eigenvalue weighted by molar-refractivity contribution is -0.122. The third-order valence-electron chi connectivity index (χ3n) is 3.53. The van der Waals surface area contributed by atoms with Crippen LogP contribution in [-0.2, 0) is 20.4 Å². The molecular formula is C18H18N4O4S. The van der Waals surface area contributed by atoms with Gasteiger partial charge in [0.25, 0.3) is 5.91 Å². The molecule has 1 heterocycles. The summed E-state index contributed by atoms with van der Waals surface area (Å²) in [7, 11) is -3.73. The Morgan fingerprint density at radius 3 is 2.52 bits per heavy atom. The summed E-state index contributed by atoms with van der Waals surface area (Å²) >= 11 is 0. The van der Waals surface area contributed by atoms with E-state index in [4.69, 9.17) is 5.26 Å². The van der Waals surface area contributed by atoms with Gasteiger partial charge in [-0.25, -0.2) is 8.42 Å². The number of amides is 2. The zero-order valence-corrected chi connectivity index (χ0v) is 15.1. The first-order valence-electron chi connectivity index (χ1n) is 8.01. The zero-order chi connectivity index (χ0) is 19.7. The molecule has 0 unspecified atom stereocenters. The fourth-order valence-electron chi connectivity index (χ4n) is 2.31. The quantitative estimate of drug-likeness (QED) is 0.633. The number of rotatable bonds is 8. The van der Waals surface area contributed by atoms with Crippen LogP contribution in [0.25, 0.3) is 0 Å². The summed E-state index contributed by atoms with van der Waals surface area (Å²) in [6.07, 6.45) is 2.94. The maximum Gasteiger partial charge on any atom is 0.251 e. The minimum Gasteiger partial charge on any atom is -0.341 e. The predicted octanol–water partition coefficient (Wildman–Crippen LogP) is 0.435. The van der Waals surface area contributed by atoms with Crippen LogP contribution in [0.15, 0.2) is 54.9 Å². The molecule has 0 saturated carbocycles. The lowest BCUT2D eigenvalue weighted by atomic mass is 10.2. The van der Waals surface area contributed by atoms with Crippen molar-refractivity contribution < 1.29 is 18.0 Å². The molecular weight excluding hydrogens is 368 g/mol. The highest BCUT2D eigenvalue weighted by molar-refractivity contribution is 7.90. The van der Waals surface area contributed by atoms with E-state index in [0.717, 1.165) is 0 Å². The minimum absolute atomic E-state index is 0.292. The Labute approximate surface area is 157 Å². The van der Waals surface area contributed by atoms with Crippen LogP contribution in [0.4, 0.5) is 0 Å². The van der Waals surface area contributed by atoms with Gasteiger partial charge in [-0.05, 0) is 23.8 Å². The number of nitriles is 1. The van der Waals surface area contributed by atoms with Crippen molar-refractivity contribution in [3.63, 3.8) is 0 Å². The lowest BCUT2D eigenvalue weighted by Gasteiger charge is -2.18. The van der Waals surface area contributed by atoms with Gasteiger partial charge in [0.1, 0.15) is 12.6 Å². The number of carbonyl (C=O) groups excluding carboxylic acids is 2. The van der Waals surface area contributed by atoms with Crippen molar-refractivity contribution in [2.45, 2.75) is 11.8 Å². The Bertz CT molecular complexity index is 925. The van der Waals surface area contributed by atoms with Gasteiger partial charge in [-0.1, -0.05) is 24.3 Å². The summed E-state index contributed by atoms with van der Waals surface area (Å²) in [5, 5.41) is 13.3. The van der Waals surface area contributed by atoms with Gasteiger partial charge in [0.05, 0.1) is 17.6 Å². The molecule has 0 radical (unpaired) electrons. The molecule has 0 spiro atoms. The van der Waals surface area contributed by atoms with Gasteiger partial charge >= 0.3 is 0 Å². The molecule has 0 aliphatic heterocycles. The molecule has 2 aromatic rings. The van der Waals surface area contributed by atoms with Crippen LogP contribution >= 0.6 is 0 Å². The molecule has 1 atom stereocenters. The molecule has 0 bridgehead atoms. The molecule has 9 heteroatoms. The van der Waals surface area contributed by atoms with E-state index >= 15 is 0 Å². The second kappa shape index (κ2) is 9.45. The smallest absolute Gasteiger partial charge is 0.251 e. The van der Waals surface area contributed by atoms with Gasteiger partial charge in [0.15, 0.2) is 9.84 Å². The van der Waals surface area contributed by atoms with Crippen molar-refractivity contribution in [1.82, 2.24) is 15.6 Å². The van der Waals surface area contributed by atoms with Crippen molar-refractivity contribution in [3.8, 4) is 6.07 Å². The van der Waals surface area contributed by atoms with Crippen LogP contribution in [0, 0.1) is 11.3 Å². The van der Waals surface area contributed by atoms with Gasteiger partial charge < -0.3 is 10.6 Å². The van der Waals surface area contributed by atoms with E-state index in [-0.39, 0.29) is 12.3 Å². The molecule has 2 amide bonds. The molecule has 8 nitrogen and oxygen atoms in total. The Morgan fingerprint density at radius 2 is 1.89 bits per heavy atom. The molecule has 1 aromatic heterocycles. The van der Waals surface area contributed by atoms with Gasteiger partial charge in [-0.3, -0.25) is 14.6 Å². The van der Waals surface area contributed by atoms with E-state index in [2.05, 4.69) is 15.6 Å². The van der Waals surface area contributed by atoms with Gasteiger partial charge in [-0.15, -0.1) is 0 Å². The molecule has 0 fully saturated rings. The number of sulfone groups is 1. The third-order valence-corrected chi connectivity index (χ3v) is 5.14. The highest BCUT2D eigenvalue weighted by atomic mass is 32.2. The summed E-state index contributed by atoms with van der Waals surface area (Å²) < 4.78 is 25.0. The lowest BCUT2D eigenvalue weighted by Crippen LogP contribution is -2.50. The van der Waals surface area contributed by atoms with Gasteiger partial charge in [-0.2, -0.15) is 5.26 Å². The van der Waals surface area contributed by atoms with Crippen molar-refractivity contribution >= 4 is 21.7 Å². The largest absolute Gasteiger partial charge is 0.341 e. The highest BCUT2D eigenvalue weighted by Crippen LogP contribution is 2.08. The summed E-state index contributed by atoms with van der Waals surface area (Å²) in [5.74, 6) is -2.23. The fraction of sp³-hybridized carbons (Fsp3) is 0.222. The first-order chi connectivity index (χ1) is 12.9. The Hall–Kier alpha value is -3.25. The third kappa shape index (κ3) is 6.52. The average molecular weight is 386 g/mol. The summed E-state index contributed by atoms with van der Waals surface area (Å²) in [6, 6.07) is 11.8. The second-order valence-electron chi connectivity index (χ2n) is 5.68. The maximum atomic E-state index is 12.5. The first-order valence-corrected chi connectivity index (χ1v) is 9.83. The molecule has 0 aliphatic rings. The summed E-state index contributed by atoms with van der Waals surface area (Å²) in [4.78, 5) is 28.4. The molecule has 2 N–H and O–H groups in total. The van der Waals surface area contributed by atoms with E-state index in [0.29, 0.717) is 11.1 Å². The molecule has 2 rings (SSSR count). The summed E-state index contributed by atoms with van der Waals surface area (Å²) in [5.41, 5.74) is 0.767. The number of nitrogens with one attached hydrogen (secondary N) is 2. The number of hydrogen-bond acceptors (Lipinski definition) is 6. The number of hydrogen-bond donors (Lipinski definition) is 2. The van der Waals surface area contributed by atoms with Crippen molar-refractivity contribution in [2.75, 3.05) is 12.3 Å². The van der Waals surface area contributed by atoms with Crippen LogP contribution in [0.2, 0.25) is 0 Å². The maximum absolute atomic E-state index is 12.5. The van der Waals surface area contributed by atoms with E-state index < -0.39 is 33.4 Å². The number of aromatic nitrogens is 1. The van der Waals surface area contributed by atoms with Gasteiger partial charge in [0.2, 0.25) is 5.91 Å². The van der Waals surface area contributed by atoms with E-state index in [9.17, 15) is 18.0 Å². The number of benzene rings is 1. The normalized spacial score (nSPS) is 11.8. The van der Waals surface area contributed by atoms with Crippen molar-refractivity contribution in [3.05, 3.63) is 66.0 Å². The fourth-order valence-corrected chi connectivity index (χ4v) is 3.85. The summed E-state index contributed by atoms with van der Waals surface area (Å²) in [6.45, 7) is -0.292. The predicted molar refractivity (Wildman–Crippen MR) is 98.0 cm³/mol. The van der Waals surface area contributed by atoms with Gasteiger partial charge in [0, 0.05) is 18.0 Å². The Balaban J connectivity index is 2.15. The standard InChI is InChI=1S/C18H18N4O4S/c19-8-10-21-18(24)16(22-17(23)15-6-2-1-3-7-15)13-27(25,26)12-14-5-4-9-20-11-14/h1-7,9,11,16H,10,12-13H2,(H,21,24)(H,22,23)/t16-/m0/s1. The SMILES string of the molecule is N#CCNC(=O)[C@H](CS(=O)(=O)Cc1cccnc1)NC(=O)c1ccccc1. The van der Waals surface area contributed by atoms with Crippen LogP contribution in [-0.4, -0.2) is 43.6 Å². The topological polar surface area (TPSA) is 129 Å². The van der Waals surface area contributed by atoms with Crippen LogP contribution in [0.5, 0.6) is 0 Å². The van der Waals surface area contributed by atoms with E-state index in [1.54, 1.807) is 48.5 Å². The van der Waals surface area contributed by atoms with E-state index in [1.807, 2.05) is 0 Å². The zero-order valence-electron chi connectivity index (χ0n) is 14.3. The molecule has 140 valence electrons. The monoisotopic (exact) mass is 386 g/mol. The van der Waals surface area contributed by atoms with Crippen molar-refractivity contribution in [1.29, 1.82) is 5.26 Å². The highest BCUT2D eigenvalue weighted by Gasteiger charge is 2.27. The molecule has 0 saturated heterocycles. The van der Waals surface area contributed by atoms with Crippen LogP contribution < -0.4 is 10.6 Å². The van der Waals surface area contributed by atoms with Crippen molar-refractivity contribution in [2.24, 2.45) is 0 Å². The minimum atomic E-state index is -3.73. The number of nitrogens with zero attached hydrogens (tertiary/aromatic N) is 2. The number of carbonyl (C=O) groups is 2. The first kappa shape index (κ1) is 20.1. The Kier molecular flexibility index (Phi) is 7.02. The Morgan fingerprint density at radius 1 is 1.15 bits per heavy atom. The molecule has 0 aliphatic carbocycles. The molecule has 27 heavy (non-hydrogen) atoms. The number of pyridine rings is 1. The average Bonchev–Trinajstić information content (AvgIpc) is 2.66. The second-order valence-corrected chi connectivity index (χ2v) is 7.79. The van der Waals surface area contributed by atoms with E-state index in [1.165, 1.54) is 12.4 Å². The van der Waals surface area contributed by atoms with Crippen LogP contribution in [0.3, 0.4) is 0 Å².